The molecule has 1 nitrogen and oxygen atoms in total. The van der Waals surface area contributed by atoms with Crippen molar-refractivity contribution in [3.05, 3.63) is 55.2 Å². The number of thiophene rings is 1. The van der Waals surface area contributed by atoms with Gasteiger partial charge in [0.2, 0.25) is 0 Å². The molecule has 0 saturated heterocycles. The van der Waals surface area contributed by atoms with Crippen molar-refractivity contribution in [3.63, 3.8) is 0 Å². The number of halogens is 3. The molecule has 0 saturated carbocycles. The summed E-state index contributed by atoms with van der Waals surface area (Å²) in [6.07, 6.45) is 0. The Balaban J connectivity index is 2.50. The minimum Gasteiger partial charge on any atom is -0.309 e. The molecule has 0 bridgehead atoms. The maximum atomic E-state index is 14.0. The summed E-state index contributed by atoms with van der Waals surface area (Å²) in [7, 11) is 1.74. The first-order valence-corrected chi connectivity index (χ1v) is 7.43. The van der Waals surface area contributed by atoms with Crippen LogP contribution in [0.3, 0.4) is 0 Å². The topological polar surface area (TPSA) is 12.0 Å². The summed E-state index contributed by atoms with van der Waals surface area (Å²) in [6, 6.07) is 4.15. The minimum atomic E-state index is -0.388. The predicted molar refractivity (Wildman–Crippen MR) is 78.8 cm³/mol. The van der Waals surface area contributed by atoms with Crippen molar-refractivity contribution >= 4 is 27.3 Å². The lowest BCUT2D eigenvalue weighted by Crippen LogP contribution is -2.18. The normalized spacial score (nSPS) is 12.7. The highest BCUT2D eigenvalue weighted by atomic mass is 79.9. The lowest BCUT2D eigenvalue weighted by Gasteiger charge is -2.16. The zero-order chi connectivity index (χ0) is 14.2. The van der Waals surface area contributed by atoms with Crippen molar-refractivity contribution in [2.75, 3.05) is 7.05 Å². The van der Waals surface area contributed by atoms with Gasteiger partial charge < -0.3 is 5.32 Å². The number of aryl methyl sites for hydroxylation is 2. The van der Waals surface area contributed by atoms with Gasteiger partial charge in [-0.05, 0) is 66.2 Å². The maximum absolute atomic E-state index is 14.0. The van der Waals surface area contributed by atoms with Gasteiger partial charge in [0.15, 0.2) is 0 Å². The lowest BCUT2D eigenvalue weighted by molar-refractivity contribution is 0.556. The lowest BCUT2D eigenvalue weighted by atomic mass is 10.0. The fraction of sp³-hybridized carbons (Fsp3) is 0.286. The molecule has 1 aromatic carbocycles. The molecule has 0 amide bonds. The van der Waals surface area contributed by atoms with Crippen LogP contribution in [0.5, 0.6) is 0 Å². The van der Waals surface area contributed by atoms with Crippen LogP contribution in [-0.2, 0) is 0 Å². The van der Waals surface area contributed by atoms with E-state index in [1.165, 1.54) is 23.5 Å². The highest BCUT2D eigenvalue weighted by Gasteiger charge is 2.20. The molecule has 1 heterocycles. The van der Waals surface area contributed by atoms with Crippen LogP contribution in [-0.4, -0.2) is 7.05 Å². The Morgan fingerprint density at radius 3 is 2.32 bits per heavy atom. The van der Waals surface area contributed by atoms with Crippen molar-refractivity contribution < 1.29 is 8.78 Å². The van der Waals surface area contributed by atoms with Crippen LogP contribution in [0.25, 0.3) is 0 Å². The van der Waals surface area contributed by atoms with E-state index in [9.17, 15) is 8.78 Å². The largest absolute Gasteiger partial charge is 0.309 e. The van der Waals surface area contributed by atoms with E-state index in [1.807, 2.05) is 13.0 Å². The van der Waals surface area contributed by atoms with Gasteiger partial charge >= 0.3 is 0 Å². The number of rotatable bonds is 3. The average Bonchev–Trinajstić information content (AvgIpc) is 2.67. The number of benzene rings is 1. The molecule has 1 aromatic heterocycles. The van der Waals surface area contributed by atoms with Crippen LogP contribution < -0.4 is 5.32 Å². The molecule has 0 aliphatic heterocycles. The van der Waals surface area contributed by atoms with Crippen molar-refractivity contribution in [3.8, 4) is 0 Å². The summed E-state index contributed by atoms with van der Waals surface area (Å²) >= 11 is 4.98. The van der Waals surface area contributed by atoms with Gasteiger partial charge in [-0.25, -0.2) is 8.78 Å². The molecule has 1 N–H and O–H groups in total. The number of nitrogens with one attached hydrogen (secondary N) is 1. The van der Waals surface area contributed by atoms with E-state index < -0.39 is 0 Å². The zero-order valence-electron chi connectivity index (χ0n) is 10.9. The second-order valence-corrected chi connectivity index (χ2v) is 6.85. The summed E-state index contributed by atoms with van der Waals surface area (Å²) in [5.74, 6) is -0.774. The first kappa shape index (κ1) is 14.6. The Hall–Kier alpha value is -0.780. The van der Waals surface area contributed by atoms with E-state index in [-0.39, 0.29) is 17.7 Å². The third kappa shape index (κ3) is 2.88. The highest BCUT2D eigenvalue weighted by Crippen LogP contribution is 2.35. The SMILES string of the molecule is CNC(c1cc(C)c(Br)s1)c1cc(F)c(C)cc1F. The van der Waals surface area contributed by atoms with Crippen molar-refractivity contribution in [2.45, 2.75) is 19.9 Å². The average molecular weight is 346 g/mol. The van der Waals surface area contributed by atoms with Gasteiger partial charge in [0, 0.05) is 10.4 Å². The van der Waals surface area contributed by atoms with E-state index in [1.54, 1.807) is 14.0 Å². The molecule has 1 atom stereocenters. The molecule has 5 heteroatoms. The first-order valence-electron chi connectivity index (χ1n) is 5.82. The van der Waals surface area contributed by atoms with E-state index in [4.69, 9.17) is 0 Å². The van der Waals surface area contributed by atoms with Crippen LogP contribution in [0.1, 0.15) is 27.6 Å². The van der Waals surface area contributed by atoms with E-state index in [0.717, 1.165) is 14.2 Å². The second-order valence-electron chi connectivity index (χ2n) is 4.45. The molecule has 19 heavy (non-hydrogen) atoms. The van der Waals surface area contributed by atoms with E-state index >= 15 is 0 Å². The van der Waals surface area contributed by atoms with Crippen molar-refractivity contribution in [1.82, 2.24) is 5.32 Å². The molecule has 0 fully saturated rings. The van der Waals surface area contributed by atoms with Crippen LogP contribution in [0.4, 0.5) is 8.78 Å². The van der Waals surface area contributed by atoms with Gasteiger partial charge in [0.05, 0.1) is 9.83 Å². The Labute approximate surface area is 123 Å². The molecule has 0 aliphatic carbocycles. The standard InChI is InChI=1S/C14H14BrF2NS/c1-7-4-11(17)9(6-10(7)16)13(18-3)12-5-8(2)14(15)19-12/h4-6,13,18H,1-3H3. The van der Waals surface area contributed by atoms with Gasteiger partial charge in [-0.15, -0.1) is 11.3 Å². The molecular formula is C14H14BrF2NS. The Bertz CT molecular complexity index is 590. The number of hydrogen-bond donors (Lipinski definition) is 1. The van der Waals surface area contributed by atoms with Crippen LogP contribution in [0, 0.1) is 25.5 Å². The van der Waals surface area contributed by atoms with E-state index in [2.05, 4.69) is 21.2 Å². The van der Waals surface area contributed by atoms with Gasteiger partial charge in [-0.3, -0.25) is 0 Å². The molecule has 2 aromatic rings. The molecule has 0 aliphatic rings. The van der Waals surface area contributed by atoms with Crippen LogP contribution >= 0.6 is 27.3 Å². The summed E-state index contributed by atoms with van der Waals surface area (Å²) < 4.78 is 28.7. The number of hydrogen-bond acceptors (Lipinski definition) is 2. The van der Waals surface area contributed by atoms with Crippen LogP contribution in [0.15, 0.2) is 22.0 Å². The monoisotopic (exact) mass is 345 g/mol. The first-order chi connectivity index (χ1) is 8.93. The second kappa shape index (κ2) is 5.69. The summed E-state index contributed by atoms with van der Waals surface area (Å²) in [5, 5.41) is 3.05. The van der Waals surface area contributed by atoms with Gasteiger partial charge in [-0.1, -0.05) is 0 Å². The Kier molecular flexibility index (Phi) is 4.38. The predicted octanol–water partition coefficient (Wildman–Crippen LogP) is 4.71. The van der Waals surface area contributed by atoms with Gasteiger partial charge in [-0.2, -0.15) is 0 Å². The minimum absolute atomic E-state index is 0.319. The van der Waals surface area contributed by atoms with E-state index in [0.29, 0.717) is 11.1 Å². The Morgan fingerprint density at radius 2 is 1.79 bits per heavy atom. The highest BCUT2D eigenvalue weighted by molar-refractivity contribution is 9.11. The smallest absolute Gasteiger partial charge is 0.128 e. The third-order valence-electron chi connectivity index (χ3n) is 3.04. The summed E-state index contributed by atoms with van der Waals surface area (Å²) in [6.45, 7) is 3.53. The maximum Gasteiger partial charge on any atom is 0.128 e. The fourth-order valence-corrected chi connectivity index (χ4v) is 3.66. The molecule has 0 spiro atoms. The summed E-state index contributed by atoms with van der Waals surface area (Å²) in [4.78, 5) is 0.953. The Morgan fingerprint density at radius 1 is 1.11 bits per heavy atom. The van der Waals surface area contributed by atoms with Crippen LogP contribution in [0.2, 0.25) is 0 Å². The third-order valence-corrected chi connectivity index (χ3v) is 5.24. The molecule has 2 rings (SSSR count). The quantitative estimate of drug-likeness (QED) is 0.848. The molecule has 1 unspecified atom stereocenters. The van der Waals surface area contributed by atoms with Gasteiger partial charge in [0.1, 0.15) is 11.6 Å². The van der Waals surface area contributed by atoms with Gasteiger partial charge in [0.25, 0.3) is 0 Å². The summed E-state index contributed by atoms with van der Waals surface area (Å²) in [5.41, 5.74) is 1.74. The van der Waals surface area contributed by atoms with Crippen molar-refractivity contribution in [1.29, 1.82) is 0 Å². The molecule has 102 valence electrons. The fourth-order valence-electron chi connectivity index (χ4n) is 1.96. The zero-order valence-corrected chi connectivity index (χ0v) is 13.3. The molecular weight excluding hydrogens is 332 g/mol. The van der Waals surface area contributed by atoms with Crippen molar-refractivity contribution in [2.24, 2.45) is 0 Å². The molecule has 0 radical (unpaired) electrons.